The molecule has 0 bridgehead atoms. The van der Waals surface area contributed by atoms with Gasteiger partial charge in [-0.05, 0) is 75.9 Å². The Morgan fingerprint density at radius 2 is 1.21 bits per heavy atom. The number of para-hydroxylation sites is 1. The van der Waals surface area contributed by atoms with Crippen molar-refractivity contribution >= 4 is 28.9 Å². The third-order valence-corrected chi connectivity index (χ3v) is 5.77. The van der Waals surface area contributed by atoms with Crippen LogP contribution in [0.3, 0.4) is 0 Å². The zero-order chi connectivity index (χ0) is 20.6. The van der Waals surface area contributed by atoms with Gasteiger partial charge in [0.2, 0.25) is 11.8 Å². The Bertz CT molecular complexity index is 793. The minimum atomic E-state index is -0.0294. The summed E-state index contributed by atoms with van der Waals surface area (Å²) < 4.78 is 0. The number of hydrogen-bond donors (Lipinski definition) is 2. The van der Waals surface area contributed by atoms with E-state index in [4.69, 9.17) is 0 Å². The lowest BCUT2D eigenvalue weighted by Crippen LogP contribution is -2.32. The first kappa shape index (κ1) is 20.9. The van der Waals surface area contributed by atoms with E-state index >= 15 is 0 Å². The first-order chi connectivity index (χ1) is 14.1. The van der Waals surface area contributed by atoms with Crippen molar-refractivity contribution in [2.24, 2.45) is 11.8 Å². The normalized spacial score (nSPS) is 18.7. The zero-order valence-electron chi connectivity index (χ0n) is 17.4. The quantitative estimate of drug-likeness (QED) is 0.702. The van der Waals surface area contributed by atoms with E-state index in [2.05, 4.69) is 29.4 Å². The predicted molar refractivity (Wildman–Crippen MR) is 119 cm³/mol. The summed E-state index contributed by atoms with van der Waals surface area (Å²) in [6, 6.07) is 17.5. The highest BCUT2D eigenvalue weighted by Crippen LogP contribution is 2.31. The number of anilines is 3. The Hall–Kier alpha value is -2.82. The third-order valence-electron chi connectivity index (χ3n) is 5.77. The van der Waals surface area contributed by atoms with Gasteiger partial charge in [-0.3, -0.25) is 9.59 Å². The molecule has 0 aliphatic heterocycles. The highest BCUT2D eigenvalue weighted by atomic mass is 16.2. The van der Waals surface area contributed by atoms with E-state index in [1.807, 2.05) is 54.6 Å². The van der Waals surface area contributed by atoms with Crippen molar-refractivity contribution in [3.63, 3.8) is 0 Å². The maximum absolute atomic E-state index is 12.6. The second-order valence-electron chi connectivity index (χ2n) is 7.61. The number of amides is 2. The maximum atomic E-state index is 12.6. The van der Waals surface area contributed by atoms with Crippen molar-refractivity contribution in [1.29, 1.82) is 0 Å². The van der Waals surface area contributed by atoms with Gasteiger partial charge >= 0.3 is 0 Å². The van der Waals surface area contributed by atoms with Gasteiger partial charge in [0, 0.05) is 42.0 Å². The lowest BCUT2D eigenvalue weighted by Gasteiger charge is -2.27. The summed E-state index contributed by atoms with van der Waals surface area (Å²) >= 11 is 0. The SMILES string of the molecule is CCN(CC)c1ccc(NC(=O)C2CCC(C(=O)Nc3ccccc3)CC2)cc1. The van der Waals surface area contributed by atoms with Crippen molar-refractivity contribution in [2.45, 2.75) is 39.5 Å². The summed E-state index contributed by atoms with van der Waals surface area (Å²) in [5.74, 6) is 0.0652. The summed E-state index contributed by atoms with van der Waals surface area (Å²) in [6.07, 6.45) is 2.99. The van der Waals surface area contributed by atoms with Gasteiger partial charge in [-0.1, -0.05) is 18.2 Å². The molecular formula is C24H31N3O2. The number of benzene rings is 2. The van der Waals surface area contributed by atoms with Crippen LogP contribution in [0.25, 0.3) is 0 Å². The maximum Gasteiger partial charge on any atom is 0.227 e. The van der Waals surface area contributed by atoms with Gasteiger partial charge in [0.25, 0.3) is 0 Å². The predicted octanol–water partition coefficient (Wildman–Crippen LogP) is 4.92. The molecular weight excluding hydrogens is 362 g/mol. The van der Waals surface area contributed by atoms with E-state index in [1.54, 1.807) is 0 Å². The summed E-state index contributed by atoms with van der Waals surface area (Å²) in [6.45, 7) is 6.19. The smallest absolute Gasteiger partial charge is 0.227 e. The molecule has 0 unspecified atom stereocenters. The van der Waals surface area contributed by atoms with Gasteiger partial charge in [0.15, 0.2) is 0 Å². The van der Waals surface area contributed by atoms with Crippen LogP contribution in [0.4, 0.5) is 17.1 Å². The van der Waals surface area contributed by atoms with Crippen LogP contribution in [-0.4, -0.2) is 24.9 Å². The van der Waals surface area contributed by atoms with Gasteiger partial charge < -0.3 is 15.5 Å². The number of rotatable bonds is 7. The van der Waals surface area contributed by atoms with Crippen LogP contribution in [0.5, 0.6) is 0 Å². The van der Waals surface area contributed by atoms with Gasteiger partial charge in [-0.2, -0.15) is 0 Å². The van der Waals surface area contributed by atoms with E-state index in [0.717, 1.165) is 55.8 Å². The second kappa shape index (κ2) is 10.1. The summed E-state index contributed by atoms with van der Waals surface area (Å²) in [5, 5.41) is 6.02. The van der Waals surface area contributed by atoms with Crippen LogP contribution < -0.4 is 15.5 Å². The van der Waals surface area contributed by atoms with Gasteiger partial charge in [-0.25, -0.2) is 0 Å². The van der Waals surface area contributed by atoms with E-state index in [0.29, 0.717) is 0 Å². The highest BCUT2D eigenvalue weighted by Gasteiger charge is 2.30. The average Bonchev–Trinajstić information content (AvgIpc) is 2.76. The largest absolute Gasteiger partial charge is 0.372 e. The molecule has 1 saturated carbocycles. The molecule has 0 heterocycles. The monoisotopic (exact) mass is 393 g/mol. The number of nitrogens with one attached hydrogen (secondary N) is 2. The molecule has 0 aromatic heterocycles. The Balaban J connectivity index is 1.48. The van der Waals surface area contributed by atoms with Crippen molar-refractivity contribution in [3.8, 4) is 0 Å². The number of carbonyl (C=O) groups is 2. The molecule has 2 aromatic carbocycles. The molecule has 29 heavy (non-hydrogen) atoms. The topological polar surface area (TPSA) is 61.4 Å². The first-order valence-electron chi connectivity index (χ1n) is 10.6. The van der Waals surface area contributed by atoms with Crippen LogP contribution >= 0.6 is 0 Å². The molecule has 0 saturated heterocycles. The molecule has 0 atom stereocenters. The van der Waals surface area contributed by atoms with Crippen LogP contribution in [-0.2, 0) is 9.59 Å². The van der Waals surface area contributed by atoms with Crippen LogP contribution in [0.15, 0.2) is 54.6 Å². The molecule has 1 aliphatic carbocycles. The van der Waals surface area contributed by atoms with Crippen LogP contribution in [0, 0.1) is 11.8 Å². The fourth-order valence-corrected chi connectivity index (χ4v) is 3.97. The van der Waals surface area contributed by atoms with Gasteiger partial charge in [0.1, 0.15) is 0 Å². The molecule has 2 aromatic rings. The molecule has 1 fully saturated rings. The lowest BCUT2D eigenvalue weighted by atomic mass is 9.81. The minimum absolute atomic E-state index is 0.0207. The van der Waals surface area contributed by atoms with E-state index < -0.39 is 0 Å². The van der Waals surface area contributed by atoms with Crippen LogP contribution in [0.1, 0.15) is 39.5 Å². The Labute approximate surface area is 173 Å². The molecule has 0 spiro atoms. The standard InChI is InChI=1S/C24H31N3O2/c1-3-27(4-2)22-16-14-21(15-17-22)26-24(29)19-12-10-18(11-13-19)23(28)25-20-8-6-5-7-9-20/h5-9,14-19H,3-4,10-13H2,1-2H3,(H,25,28)(H,26,29). The summed E-state index contributed by atoms with van der Waals surface area (Å²) in [4.78, 5) is 27.4. The van der Waals surface area contributed by atoms with Gasteiger partial charge in [-0.15, -0.1) is 0 Å². The Morgan fingerprint density at radius 3 is 1.66 bits per heavy atom. The van der Waals surface area contributed by atoms with Crippen molar-refractivity contribution in [3.05, 3.63) is 54.6 Å². The molecule has 5 nitrogen and oxygen atoms in total. The minimum Gasteiger partial charge on any atom is -0.372 e. The second-order valence-corrected chi connectivity index (χ2v) is 7.61. The summed E-state index contributed by atoms with van der Waals surface area (Å²) in [5.41, 5.74) is 2.82. The molecule has 2 N–H and O–H groups in total. The molecule has 2 amide bonds. The Morgan fingerprint density at radius 1 is 0.759 bits per heavy atom. The fraction of sp³-hybridized carbons (Fsp3) is 0.417. The van der Waals surface area contributed by atoms with Crippen molar-refractivity contribution < 1.29 is 9.59 Å². The molecule has 5 heteroatoms. The zero-order valence-corrected chi connectivity index (χ0v) is 17.4. The first-order valence-corrected chi connectivity index (χ1v) is 10.6. The fourth-order valence-electron chi connectivity index (χ4n) is 3.97. The average molecular weight is 394 g/mol. The Kier molecular flexibility index (Phi) is 7.28. The van der Waals surface area contributed by atoms with E-state index in [-0.39, 0.29) is 23.7 Å². The van der Waals surface area contributed by atoms with Crippen LogP contribution in [0.2, 0.25) is 0 Å². The van der Waals surface area contributed by atoms with Crippen molar-refractivity contribution in [2.75, 3.05) is 28.6 Å². The van der Waals surface area contributed by atoms with E-state index in [1.165, 1.54) is 0 Å². The molecule has 0 radical (unpaired) electrons. The molecule has 154 valence electrons. The third kappa shape index (κ3) is 5.59. The molecule has 3 rings (SSSR count). The number of carbonyl (C=O) groups excluding carboxylic acids is 2. The molecule has 1 aliphatic rings. The highest BCUT2D eigenvalue weighted by molar-refractivity contribution is 5.94. The van der Waals surface area contributed by atoms with Crippen molar-refractivity contribution in [1.82, 2.24) is 0 Å². The number of hydrogen-bond acceptors (Lipinski definition) is 3. The lowest BCUT2D eigenvalue weighted by molar-refractivity contribution is -0.125. The number of nitrogens with zero attached hydrogens (tertiary/aromatic N) is 1. The van der Waals surface area contributed by atoms with Gasteiger partial charge in [0.05, 0.1) is 0 Å². The van der Waals surface area contributed by atoms with E-state index in [9.17, 15) is 9.59 Å². The summed E-state index contributed by atoms with van der Waals surface area (Å²) in [7, 11) is 0.